The molecular weight excluding hydrogens is 438 g/mol. The molecule has 1 saturated heterocycles. The Morgan fingerprint density at radius 1 is 0.818 bits per heavy atom. The van der Waals surface area contributed by atoms with Crippen molar-refractivity contribution < 1.29 is 23.7 Å². The average molecular weight is 464 g/mol. The first-order valence-corrected chi connectivity index (χ1v) is 11.2. The molecule has 1 amide bonds. The smallest absolute Gasteiger partial charge is 0.266 e. The molecule has 4 rings (SSSR count). The summed E-state index contributed by atoms with van der Waals surface area (Å²) in [5, 5.41) is -0.340. The summed E-state index contributed by atoms with van der Waals surface area (Å²) in [6.45, 7) is 0. The molecule has 1 heterocycles. The van der Waals surface area contributed by atoms with Crippen LogP contribution in [0.25, 0.3) is 6.08 Å². The number of carbonyl (C=O) groups excluding carboxylic acids is 1. The van der Waals surface area contributed by atoms with Gasteiger partial charge in [-0.1, -0.05) is 48.2 Å². The lowest BCUT2D eigenvalue weighted by Gasteiger charge is -2.25. The largest absolute Gasteiger partial charge is 0.497 e. The lowest BCUT2D eigenvalue weighted by atomic mass is 10.1. The summed E-state index contributed by atoms with van der Waals surface area (Å²) in [7, 11) is 6.33. The SMILES string of the molecule is COc1cccc(N2C(=O)/C(=C\c3ccccc3)SC2c2cc(OC)c(OC)c(OC)c2)c1. The highest BCUT2D eigenvalue weighted by molar-refractivity contribution is 8.05. The van der Waals surface area contributed by atoms with Crippen LogP contribution >= 0.6 is 11.8 Å². The summed E-state index contributed by atoms with van der Waals surface area (Å²) < 4.78 is 22.0. The van der Waals surface area contributed by atoms with Gasteiger partial charge in [0.2, 0.25) is 5.75 Å². The van der Waals surface area contributed by atoms with Gasteiger partial charge in [0.1, 0.15) is 11.1 Å². The van der Waals surface area contributed by atoms with Gasteiger partial charge >= 0.3 is 0 Å². The second-order valence-corrected chi connectivity index (χ2v) is 8.35. The Morgan fingerprint density at radius 2 is 1.52 bits per heavy atom. The predicted octanol–water partition coefficient (Wildman–Crippen LogP) is 5.54. The number of carbonyl (C=O) groups is 1. The summed E-state index contributed by atoms with van der Waals surface area (Å²) >= 11 is 1.48. The summed E-state index contributed by atoms with van der Waals surface area (Å²) in [6, 6.07) is 21.0. The summed E-state index contributed by atoms with van der Waals surface area (Å²) in [6.07, 6.45) is 1.91. The van der Waals surface area contributed by atoms with E-state index in [4.69, 9.17) is 18.9 Å². The third kappa shape index (κ3) is 4.50. The van der Waals surface area contributed by atoms with Crippen LogP contribution in [0.2, 0.25) is 0 Å². The van der Waals surface area contributed by atoms with Crippen LogP contribution in [0.5, 0.6) is 23.0 Å². The Balaban J connectivity index is 1.85. The lowest BCUT2D eigenvalue weighted by Crippen LogP contribution is -2.27. The van der Waals surface area contributed by atoms with Crippen molar-refractivity contribution in [1.29, 1.82) is 0 Å². The molecule has 33 heavy (non-hydrogen) atoms. The summed E-state index contributed by atoms with van der Waals surface area (Å²) in [4.78, 5) is 16.0. The zero-order chi connectivity index (χ0) is 23.4. The topological polar surface area (TPSA) is 57.2 Å². The highest BCUT2D eigenvalue weighted by Crippen LogP contribution is 2.51. The average Bonchev–Trinajstić information content (AvgIpc) is 3.19. The molecule has 0 aliphatic carbocycles. The standard InChI is InChI=1S/C26H25NO5S/c1-29-20-12-8-11-19(16-20)27-25(28)23(13-17-9-6-5-7-10-17)33-26(27)18-14-21(30-2)24(32-4)22(15-18)31-3/h5-16,26H,1-4H3/b23-13+. The van der Waals surface area contributed by atoms with E-state index in [1.807, 2.05) is 72.8 Å². The molecule has 1 unspecified atom stereocenters. The predicted molar refractivity (Wildman–Crippen MR) is 131 cm³/mol. The molecule has 7 heteroatoms. The maximum Gasteiger partial charge on any atom is 0.266 e. The number of benzene rings is 3. The molecule has 3 aromatic carbocycles. The first kappa shape index (κ1) is 22.6. The summed E-state index contributed by atoms with van der Waals surface area (Å²) in [5.74, 6) is 2.16. The molecular formula is C26H25NO5S. The minimum absolute atomic E-state index is 0.0872. The number of methoxy groups -OCH3 is 4. The van der Waals surface area contributed by atoms with Gasteiger partial charge in [0.05, 0.1) is 33.3 Å². The van der Waals surface area contributed by atoms with Gasteiger partial charge < -0.3 is 18.9 Å². The van der Waals surface area contributed by atoms with Crippen molar-refractivity contribution in [2.75, 3.05) is 33.3 Å². The van der Waals surface area contributed by atoms with E-state index in [1.54, 1.807) is 33.3 Å². The molecule has 1 aliphatic heterocycles. The van der Waals surface area contributed by atoms with E-state index < -0.39 is 0 Å². The molecule has 0 bridgehead atoms. The van der Waals surface area contributed by atoms with Gasteiger partial charge in [-0.3, -0.25) is 9.69 Å². The van der Waals surface area contributed by atoms with E-state index in [0.29, 0.717) is 27.9 Å². The fourth-order valence-electron chi connectivity index (χ4n) is 3.72. The minimum atomic E-state index is -0.340. The molecule has 1 fully saturated rings. The Labute approximate surface area is 197 Å². The Hall–Kier alpha value is -3.58. The number of amides is 1. The molecule has 170 valence electrons. The molecule has 0 aromatic heterocycles. The van der Waals surface area contributed by atoms with Crippen molar-refractivity contribution in [1.82, 2.24) is 0 Å². The minimum Gasteiger partial charge on any atom is -0.497 e. The zero-order valence-corrected chi connectivity index (χ0v) is 19.7. The summed E-state index contributed by atoms with van der Waals surface area (Å²) in [5.41, 5.74) is 2.55. The fourth-order valence-corrected chi connectivity index (χ4v) is 4.96. The van der Waals surface area contributed by atoms with E-state index in [1.165, 1.54) is 11.8 Å². The Kier molecular flexibility index (Phi) is 6.79. The van der Waals surface area contributed by atoms with Crippen molar-refractivity contribution in [3.8, 4) is 23.0 Å². The second kappa shape index (κ2) is 9.92. The molecule has 0 N–H and O–H groups in total. The van der Waals surface area contributed by atoms with Gasteiger partial charge in [-0.15, -0.1) is 0 Å². The highest BCUT2D eigenvalue weighted by Gasteiger charge is 2.39. The quantitative estimate of drug-likeness (QED) is 0.429. The van der Waals surface area contributed by atoms with E-state index in [-0.39, 0.29) is 11.3 Å². The maximum absolute atomic E-state index is 13.6. The third-order valence-electron chi connectivity index (χ3n) is 5.30. The first-order valence-electron chi connectivity index (χ1n) is 10.3. The van der Waals surface area contributed by atoms with Crippen molar-refractivity contribution in [3.63, 3.8) is 0 Å². The van der Waals surface area contributed by atoms with Crippen molar-refractivity contribution >= 4 is 29.4 Å². The second-order valence-electron chi connectivity index (χ2n) is 7.22. The molecule has 6 nitrogen and oxygen atoms in total. The molecule has 0 spiro atoms. The highest BCUT2D eigenvalue weighted by atomic mass is 32.2. The zero-order valence-electron chi connectivity index (χ0n) is 18.9. The molecule has 1 aliphatic rings. The van der Waals surface area contributed by atoms with Gasteiger partial charge in [-0.2, -0.15) is 0 Å². The van der Waals surface area contributed by atoms with Crippen LogP contribution in [0.3, 0.4) is 0 Å². The van der Waals surface area contributed by atoms with E-state index in [2.05, 4.69) is 0 Å². The van der Waals surface area contributed by atoms with Gasteiger partial charge in [-0.25, -0.2) is 0 Å². The van der Waals surface area contributed by atoms with Crippen LogP contribution in [0.4, 0.5) is 5.69 Å². The number of anilines is 1. The molecule has 3 aromatic rings. The Morgan fingerprint density at radius 3 is 2.12 bits per heavy atom. The van der Waals surface area contributed by atoms with Gasteiger partial charge in [0.15, 0.2) is 11.5 Å². The van der Waals surface area contributed by atoms with Gasteiger partial charge in [-0.05, 0) is 41.5 Å². The van der Waals surface area contributed by atoms with Crippen LogP contribution in [0, 0.1) is 0 Å². The Bertz CT molecular complexity index is 1150. The van der Waals surface area contributed by atoms with Crippen LogP contribution < -0.4 is 23.8 Å². The normalized spacial score (nSPS) is 16.7. The van der Waals surface area contributed by atoms with Crippen LogP contribution in [-0.4, -0.2) is 34.3 Å². The van der Waals surface area contributed by atoms with Gasteiger partial charge in [0.25, 0.3) is 5.91 Å². The number of hydrogen-bond donors (Lipinski definition) is 0. The van der Waals surface area contributed by atoms with Crippen molar-refractivity contribution in [2.45, 2.75) is 5.37 Å². The fraction of sp³-hybridized carbons (Fsp3) is 0.192. The molecule has 0 radical (unpaired) electrons. The van der Waals surface area contributed by atoms with Crippen LogP contribution in [-0.2, 0) is 4.79 Å². The van der Waals surface area contributed by atoms with Gasteiger partial charge in [0, 0.05) is 11.8 Å². The number of nitrogens with zero attached hydrogens (tertiary/aromatic N) is 1. The molecule has 1 atom stereocenters. The number of hydrogen-bond acceptors (Lipinski definition) is 6. The number of ether oxygens (including phenoxy) is 4. The third-order valence-corrected chi connectivity index (χ3v) is 6.56. The lowest BCUT2D eigenvalue weighted by molar-refractivity contribution is -0.114. The van der Waals surface area contributed by atoms with Crippen LogP contribution in [0.1, 0.15) is 16.5 Å². The maximum atomic E-state index is 13.6. The van der Waals surface area contributed by atoms with Crippen molar-refractivity contribution in [3.05, 3.63) is 82.8 Å². The molecule has 0 saturated carbocycles. The first-order chi connectivity index (χ1) is 16.1. The van der Waals surface area contributed by atoms with E-state index in [9.17, 15) is 4.79 Å². The van der Waals surface area contributed by atoms with E-state index in [0.717, 1.165) is 16.8 Å². The van der Waals surface area contributed by atoms with Crippen LogP contribution in [0.15, 0.2) is 71.6 Å². The number of rotatable bonds is 7. The van der Waals surface area contributed by atoms with Crippen molar-refractivity contribution in [2.24, 2.45) is 0 Å². The van der Waals surface area contributed by atoms with E-state index >= 15 is 0 Å². The monoisotopic (exact) mass is 463 g/mol. The number of thioether (sulfide) groups is 1.